The molecule has 2 rings (SSSR count). The van der Waals surface area contributed by atoms with E-state index < -0.39 is 10.8 Å². The van der Waals surface area contributed by atoms with Gasteiger partial charge in [-0.3, -0.25) is 20.2 Å². The summed E-state index contributed by atoms with van der Waals surface area (Å²) >= 11 is 4.55. The number of furan rings is 1. The molecule has 0 spiro atoms. The zero-order valence-corrected chi connectivity index (χ0v) is 12.9. The summed E-state index contributed by atoms with van der Waals surface area (Å²) in [5.41, 5.74) is 6.66. The van der Waals surface area contributed by atoms with Gasteiger partial charge in [-0.2, -0.15) is 0 Å². The van der Waals surface area contributed by atoms with Gasteiger partial charge >= 0.3 is 0 Å². The van der Waals surface area contributed by atoms with E-state index in [4.69, 9.17) is 10.2 Å². The number of hydrogen-bond acceptors (Lipinski definition) is 5. The third-order valence-electron chi connectivity index (χ3n) is 2.96. The highest BCUT2D eigenvalue weighted by Crippen LogP contribution is 2.28. The Hall–Kier alpha value is -3.00. The summed E-state index contributed by atoms with van der Waals surface area (Å²) in [6.45, 7) is 1.76. The van der Waals surface area contributed by atoms with E-state index >= 15 is 0 Å². The second kappa shape index (κ2) is 6.84. The average molecular weight is 331 g/mol. The minimum Gasteiger partial charge on any atom is -0.457 e. The van der Waals surface area contributed by atoms with Crippen LogP contribution in [-0.4, -0.2) is 15.9 Å². The zero-order chi connectivity index (χ0) is 17.0. The molecule has 0 bridgehead atoms. The smallest absolute Gasteiger partial charge is 0.269 e. The Morgan fingerprint density at radius 2 is 2.13 bits per heavy atom. The fourth-order valence-electron chi connectivity index (χ4n) is 1.95. The average Bonchev–Trinajstić information content (AvgIpc) is 2.92. The van der Waals surface area contributed by atoms with Crippen LogP contribution in [0.1, 0.15) is 11.3 Å². The second-order valence-electron chi connectivity index (χ2n) is 4.65. The number of benzene rings is 1. The Morgan fingerprint density at radius 3 is 2.74 bits per heavy atom. The lowest BCUT2D eigenvalue weighted by molar-refractivity contribution is -0.384. The van der Waals surface area contributed by atoms with Crippen molar-refractivity contribution in [2.75, 3.05) is 0 Å². The van der Waals surface area contributed by atoms with Gasteiger partial charge in [0.1, 0.15) is 11.5 Å². The molecule has 2 aromatic rings. The van der Waals surface area contributed by atoms with Crippen molar-refractivity contribution in [2.24, 2.45) is 5.73 Å². The molecule has 1 aromatic carbocycles. The van der Waals surface area contributed by atoms with Crippen LogP contribution < -0.4 is 11.1 Å². The number of rotatable bonds is 4. The molecule has 8 heteroatoms. The molecule has 1 aromatic heterocycles. The topological polar surface area (TPSA) is 111 Å². The van der Waals surface area contributed by atoms with Crippen LogP contribution in [0.2, 0.25) is 0 Å². The number of aryl methyl sites for hydroxylation is 1. The number of nitrogens with one attached hydrogen (secondary N) is 1. The summed E-state index contributed by atoms with van der Waals surface area (Å²) in [6, 6.07) is 7.92. The first-order valence-corrected chi connectivity index (χ1v) is 6.91. The van der Waals surface area contributed by atoms with Crippen LogP contribution in [0, 0.1) is 17.0 Å². The van der Waals surface area contributed by atoms with E-state index in [1.54, 1.807) is 25.1 Å². The molecule has 1 amide bonds. The molecule has 7 nitrogen and oxygen atoms in total. The minimum atomic E-state index is -0.457. The molecule has 0 unspecified atom stereocenters. The molecule has 3 N–H and O–H groups in total. The lowest BCUT2D eigenvalue weighted by Gasteiger charge is -2.02. The number of thiocarbonyl (C=S) groups is 1. The third-order valence-corrected chi connectivity index (χ3v) is 3.06. The Morgan fingerprint density at radius 1 is 1.39 bits per heavy atom. The first-order chi connectivity index (χ1) is 10.9. The molecule has 118 valence electrons. The van der Waals surface area contributed by atoms with Crippen molar-refractivity contribution in [3.63, 3.8) is 0 Å². The normalized spacial score (nSPS) is 10.7. The van der Waals surface area contributed by atoms with Gasteiger partial charge < -0.3 is 10.2 Å². The number of hydrogen-bond donors (Lipinski definition) is 2. The van der Waals surface area contributed by atoms with Gasteiger partial charge in [0, 0.05) is 23.8 Å². The van der Waals surface area contributed by atoms with Crippen molar-refractivity contribution < 1.29 is 14.1 Å². The van der Waals surface area contributed by atoms with Gasteiger partial charge in [0.05, 0.1) is 4.92 Å². The van der Waals surface area contributed by atoms with E-state index in [1.165, 1.54) is 24.3 Å². The largest absolute Gasteiger partial charge is 0.457 e. The molecule has 23 heavy (non-hydrogen) atoms. The second-order valence-corrected chi connectivity index (χ2v) is 5.09. The van der Waals surface area contributed by atoms with Gasteiger partial charge in [0.25, 0.3) is 5.69 Å². The molecule has 0 aliphatic heterocycles. The molecule has 0 aliphatic carbocycles. The van der Waals surface area contributed by atoms with E-state index in [1.807, 2.05) is 0 Å². The Kier molecular flexibility index (Phi) is 4.87. The minimum absolute atomic E-state index is 0.0207. The number of non-ortho nitro benzene ring substituents is 1. The predicted molar refractivity (Wildman–Crippen MR) is 89.5 cm³/mol. The van der Waals surface area contributed by atoms with Gasteiger partial charge in [-0.05, 0) is 49.0 Å². The Balaban J connectivity index is 2.19. The third kappa shape index (κ3) is 4.24. The van der Waals surface area contributed by atoms with Crippen molar-refractivity contribution in [1.29, 1.82) is 0 Å². The fourth-order valence-corrected chi connectivity index (χ4v) is 2.05. The lowest BCUT2D eigenvalue weighted by Crippen LogP contribution is -2.33. The SMILES string of the molecule is Cc1cc([N+](=O)[O-])ccc1-c1ccc(/C=C/C(=O)NC(N)=S)o1. The number of nitro benzene ring substituents is 1. The maximum absolute atomic E-state index is 11.4. The quantitative estimate of drug-likeness (QED) is 0.385. The number of carbonyl (C=O) groups is 1. The Bertz CT molecular complexity index is 811. The first-order valence-electron chi connectivity index (χ1n) is 6.50. The number of carbonyl (C=O) groups excluding carboxylic acids is 1. The van der Waals surface area contributed by atoms with Crippen LogP contribution in [0.5, 0.6) is 0 Å². The van der Waals surface area contributed by atoms with Crippen LogP contribution in [-0.2, 0) is 4.79 Å². The highest BCUT2D eigenvalue weighted by molar-refractivity contribution is 7.80. The molecule has 1 heterocycles. The summed E-state index contributed by atoms with van der Waals surface area (Å²) in [6.07, 6.45) is 2.71. The molecular weight excluding hydrogens is 318 g/mol. The van der Waals surface area contributed by atoms with Gasteiger partial charge in [-0.1, -0.05) is 0 Å². The van der Waals surface area contributed by atoms with Crippen LogP contribution in [0.15, 0.2) is 40.8 Å². The monoisotopic (exact) mass is 331 g/mol. The molecule has 0 fully saturated rings. The summed E-state index contributed by atoms with van der Waals surface area (Å²) < 4.78 is 5.61. The maximum atomic E-state index is 11.4. The van der Waals surface area contributed by atoms with Crippen LogP contribution in [0.25, 0.3) is 17.4 Å². The van der Waals surface area contributed by atoms with Gasteiger partial charge in [0.2, 0.25) is 5.91 Å². The lowest BCUT2D eigenvalue weighted by atomic mass is 10.1. The van der Waals surface area contributed by atoms with Crippen molar-refractivity contribution in [1.82, 2.24) is 5.32 Å². The summed E-state index contributed by atoms with van der Waals surface area (Å²) in [5.74, 6) is 0.546. The van der Waals surface area contributed by atoms with Gasteiger partial charge in [-0.15, -0.1) is 0 Å². The van der Waals surface area contributed by atoms with Crippen molar-refractivity contribution in [2.45, 2.75) is 6.92 Å². The number of amides is 1. The van der Waals surface area contributed by atoms with Crippen LogP contribution in [0.4, 0.5) is 5.69 Å². The van der Waals surface area contributed by atoms with Crippen molar-refractivity contribution in [3.8, 4) is 11.3 Å². The first kappa shape index (κ1) is 16.4. The summed E-state index contributed by atoms with van der Waals surface area (Å²) in [5, 5.41) is 12.9. The van der Waals surface area contributed by atoms with Gasteiger partial charge in [-0.25, -0.2) is 0 Å². The molecular formula is C15H13N3O4S. The van der Waals surface area contributed by atoms with E-state index in [0.717, 1.165) is 11.1 Å². The van der Waals surface area contributed by atoms with E-state index in [0.29, 0.717) is 11.5 Å². The van der Waals surface area contributed by atoms with E-state index in [2.05, 4.69) is 17.5 Å². The van der Waals surface area contributed by atoms with E-state index in [-0.39, 0.29) is 10.8 Å². The van der Waals surface area contributed by atoms with Crippen LogP contribution in [0.3, 0.4) is 0 Å². The molecule has 0 atom stereocenters. The van der Waals surface area contributed by atoms with Crippen molar-refractivity contribution in [3.05, 3.63) is 57.8 Å². The van der Waals surface area contributed by atoms with E-state index in [9.17, 15) is 14.9 Å². The summed E-state index contributed by atoms with van der Waals surface area (Å²) in [7, 11) is 0. The number of nitrogens with zero attached hydrogens (tertiary/aromatic N) is 1. The van der Waals surface area contributed by atoms with Gasteiger partial charge in [0.15, 0.2) is 5.11 Å². The highest BCUT2D eigenvalue weighted by Gasteiger charge is 2.11. The highest BCUT2D eigenvalue weighted by atomic mass is 32.1. The molecule has 0 aliphatic rings. The van der Waals surface area contributed by atoms with Crippen LogP contribution >= 0.6 is 12.2 Å². The number of nitrogens with two attached hydrogens (primary N) is 1. The number of nitro groups is 1. The summed E-state index contributed by atoms with van der Waals surface area (Å²) in [4.78, 5) is 21.7. The molecule has 0 saturated heterocycles. The molecule has 0 radical (unpaired) electrons. The zero-order valence-electron chi connectivity index (χ0n) is 12.1. The molecule has 0 saturated carbocycles. The fraction of sp³-hybridized carbons (Fsp3) is 0.0667. The Labute approximate surface area is 136 Å². The maximum Gasteiger partial charge on any atom is 0.269 e. The standard InChI is InChI=1S/C15H13N3O4S/c1-9-8-10(18(20)21)2-5-12(9)13-6-3-11(22-13)4-7-14(19)17-15(16)23/h2-8H,1H3,(H3,16,17,19,23)/b7-4+. The predicted octanol–water partition coefficient (Wildman–Crippen LogP) is 2.54. The van der Waals surface area contributed by atoms with Crippen molar-refractivity contribution >= 4 is 35.0 Å².